The Labute approximate surface area is 200 Å². The Morgan fingerprint density at radius 2 is 1.66 bits per heavy atom. The van der Waals surface area contributed by atoms with Gasteiger partial charge in [0.05, 0.1) is 13.2 Å². The molecule has 0 radical (unpaired) electrons. The van der Waals surface area contributed by atoms with E-state index in [0.29, 0.717) is 43.8 Å². The van der Waals surface area contributed by atoms with Crippen LogP contribution in [0.25, 0.3) is 0 Å². The van der Waals surface area contributed by atoms with Crippen molar-refractivity contribution in [1.29, 1.82) is 0 Å². The van der Waals surface area contributed by atoms with Gasteiger partial charge in [0.25, 0.3) is 10.0 Å². The number of sulfonamides is 1. The molecule has 1 saturated heterocycles. The van der Waals surface area contributed by atoms with E-state index in [1.807, 2.05) is 11.8 Å². The monoisotopic (exact) mass is 509 g/mol. The molecule has 4 rings (SSSR count). The van der Waals surface area contributed by atoms with Crippen LogP contribution >= 0.6 is 0 Å². The average Bonchev–Trinajstić information content (AvgIpc) is 2.80. The van der Waals surface area contributed by atoms with Gasteiger partial charge >= 0.3 is 6.36 Å². The van der Waals surface area contributed by atoms with Crippen LogP contribution in [0.4, 0.5) is 36.3 Å². The van der Waals surface area contributed by atoms with Crippen molar-refractivity contribution in [3.8, 4) is 5.75 Å². The summed E-state index contributed by atoms with van der Waals surface area (Å²) in [6.07, 6.45) is -5.03. The minimum Gasteiger partial charge on any atom is -0.404 e. The fourth-order valence-electron chi connectivity index (χ4n) is 3.38. The lowest BCUT2D eigenvalue weighted by molar-refractivity contribution is -0.275. The number of morpholine rings is 1. The van der Waals surface area contributed by atoms with E-state index in [4.69, 9.17) is 4.74 Å². The normalized spacial score (nSPS) is 14.5. The lowest BCUT2D eigenvalue weighted by Crippen LogP contribution is -2.37. The third-order valence-electron chi connectivity index (χ3n) is 4.91. The number of nitrogens with one attached hydrogen (secondary N) is 2. The Bertz CT molecular complexity index is 1280. The largest absolute Gasteiger partial charge is 0.573 e. The number of rotatable bonds is 7. The number of aromatic nitrogens is 2. The summed E-state index contributed by atoms with van der Waals surface area (Å²) in [7, 11) is -4.34. The first-order valence-corrected chi connectivity index (χ1v) is 12.0. The molecular formula is C22H22F3N5O4S. The topological polar surface area (TPSA) is 106 Å². The second-order valence-corrected chi connectivity index (χ2v) is 9.25. The third kappa shape index (κ3) is 6.51. The highest BCUT2D eigenvalue weighted by Gasteiger charge is 2.34. The zero-order valence-electron chi connectivity index (χ0n) is 18.5. The van der Waals surface area contributed by atoms with E-state index in [0.717, 1.165) is 17.8 Å². The van der Waals surface area contributed by atoms with E-state index in [2.05, 4.69) is 24.7 Å². The summed E-state index contributed by atoms with van der Waals surface area (Å²) in [5.41, 5.74) is 1.55. The molecule has 9 nitrogen and oxygen atoms in total. The number of para-hydroxylation sites is 1. The van der Waals surface area contributed by atoms with Crippen molar-refractivity contribution in [3.05, 3.63) is 60.3 Å². The first-order valence-electron chi connectivity index (χ1n) is 10.5. The number of hydrogen-bond acceptors (Lipinski definition) is 8. The van der Waals surface area contributed by atoms with Crippen molar-refractivity contribution in [3.63, 3.8) is 0 Å². The number of hydrogen-bond donors (Lipinski definition) is 2. The molecule has 13 heteroatoms. The highest BCUT2D eigenvalue weighted by Crippen LogP contribution is 2.31. The summed E-state index contributed by atoms with van der Waals surface area (Å²) < 4.78 is 74.9. The summed E-state index contributed by atoms with van der Waals surface area (Å²) in [5.74, 6) is 0.325. The quantitative estimate of drug-likeness (QED) is 0.491. The van der Waals surface area contributed by atoms with E-state index in [-0.39, 0.29) is 5.69 Å². The summed E-state index contributed by atoms with van der Waals surface area (Å²) in [6.45, 7) is 4.44. The van der Waals surface area contributed by atoms with E-state index >= 15 is 0 Å². The van der Waals surface area contributed by atoms with Crippen molar-refractivity contribution in [2.45, 2.75) is 18.2 Å². The molecule has 3 aromatic rings. The molecule has 1 fully saturated rings. The molecule has 1 aliphatic rings. The number of ether oxygens (including phenoxy) is 2. The first kappa shape index (κ1) is 24.5. The van der Waals surface area contributed by atoms with Crippen LogP contribution in [0, 0.1) is 6.92 Å². The van der Waals surface area contributed by atoms with Gasteiger partial charge in [-0.1, -0.05) is 12.1 Å². The second-order valence-electron chi connectivity index (χ2n) is 7.60. The zero-order chi connectivity index (χ0) is 25.1. The average molecular weight is 510 g/mol. The van der Waals surface area contributed by atoms with Crippen LogP contribution in [0.3, 0.4) is 0 Å². The van der Waals surface area contributed by atoms with Gasteiger partial charge in [-0.05, 0) is 43.3 Å². The smallest absolute Gasteiger partial charge is 0.404 e. The number of benzene rings is 2. The Morgan fingerprint density at radius 1 is 1.00 bits per heavy atom. The fraction of sp³-hybridized carbons (Fsp3) is 0.273. The predicted octanol–water partition coefficient (Wildman–Crippen LogP) is 4.06. The summed E-state index contributed by atoms with van der Waals surface area (Å²) in [6, 6.07) is 12.5. The number of aryl methyl sites for hydroxylation is 1. The van der Waals surface area contributed by atoms with Gasteiger partial charge < -0.3 is 19.7 Å². The minimum absolute atomic E-state index is 0.158. The maximum absolute atomic E-state index is 12.7. The molecule has 2 heterocycles. The van der Waals surface area contributed by atoms with E-state index in [1.54, 1.807) is 18.2 Å². The molecular weight excluding hydrogens is 487 g/mol. The second kappa shape index (κ2) is 9.96. The van der Waals surface area contributed by atoms with Gasteiger partial charge in [0.1, 0.15) is 16.5 Å². The lowest BCUT2D eigenvalue weighted by atomic mass is 10.3. The number of alkyl halides is 3. The van der Waals surface area contributed by atoms with Crippen molar-refractivity contribution in [1.82, 2.24) is 9.97 Å². The lowest BCUT2D eigenvalue weighted by Gasteiger charge is -2.27. The molecule has 0 atom stereocenters. The highest BCUT2D eigenvalue weighted by molar-refractivity contribution is 7.92. The van der Waals surface area contributed by atoms with E-state index in [9.17, 15) is 21.6 Å². The summed E-state index contributed by atoms with van der Waals surface area (Å²) >= 11 is 0. The van der Waals surface area contributed by atoms with E-state index < -0.39 is 27.0 Å². The molecule has 0 aliphatic carbocycles. The Hall–Kier alpha value is -3.58. The van der Waals surface area contributed by atoms with Crippen LogP contribution in [-0.4, -0.2) is 51.1 Å². The van der Waals surface area contributed by atoms with Gasteiger partial charge in [0.2, 0.25) is 5.95 Å². The van der Waals surface area contributed by atoms with E-state index in [1.165, 1.54) is 24.3 Å². The molecule has 0 amide bonds. The predicted molar refractivity (Wildman–Crippen MR) is 123 cm³/mol. The molecule has 1 aromatic heterocycles. The molecule has 2 aromatic carbocycles. The van der Waals surface area contributed by atoms with Gasteiger partial charge in [-0.2, -0.15) is 4.98 Å². The molecule has 186 valence electrons. The molecule has 1 aliphatic heterocycles. The molecule has 35 heavy (non-hydrogen) atoms. The van der Waals surface area contributed by atoms with Crippen molar-refractivity contribution in [2.75, 3.05) is 41.2 Å². The zero-order valence-corrected chi connectivity index (χ0v) is 19.4. The molecule has 0 spiro atoms. The Kier molecular flexibility index (Phi) is 6.98. The van der Waals surface area contributed by atoms with Crippen molar-refractivity contribution in [2.24, 2.45) is 0 Å². The van der Waals surface area contributed by atoms with Crippen molar-refractivity contribution < 1.29 is 31.1 Å². The van der Waals surface area contributed by atoms with Crippen LogP contribution in [0.2, 0.25) is 0 Å². The van der Waals surface area contributed by atoms with Crippen LogP contribution < -0.4 is 19.7 Å². The number of nitrogens with zero attached hydrogens (tertiary/aromatic N) is 3. The fourth-order valence-corrected chi connectivity index (χ4v) is 4.57. The van der Waals surface area contributed by atoms with Crippen LogP contribution in [0.5, 0.6) is 5.75 Å². The molecule has 2 N–H and O–H groups in total. The summed E-state index contributed by atoms with van der Waals surface area (Å²) in [5, 5.41) is 3.15. The SMILES string of the molecule is Cc1cc(Nc2ccc(NS(=O)(=O)c3ccccc3OC(F)(F)F)cc2)nc(N2CCOCC2)n1. The van der Waals surface area contributed by atoms with Gasteiger partial charge in [-0.25, -0.2) is 13.4 Å². The highest BCUT2D eigenvalue weighted by atomic mass is 32.2. The standard InChI is InChI=1S/C22H22F3N5O4S/c1-15-14-20(28-21(26-15)30-10-12-33-13-11-30)27-16-6-8-17(9-7-16)29-35(31,32)19-5-3-2-4-18(19)34-22(23,24)25/h2-9,14,29H,10-13H2,1H3,(H,26,27,28). The Morgan fingerprint density at radius 3 is 2.34 bits per heavy atom. The number of anilines is 4. The van der Waals surface area contributed by atoms with Gasteiger partial charge in [-0.15, -0.1) is 13.2 Å². The molecule has 0 unspecified atom stereocenters. The third-order valence-corrected chi connectivity index (χ3v) is 6.33. The van der Waals surface area contributed by atoms with Crippen LogP contribution in [0.1, 0.15) is 5.69 Å². The van der Waals surface area contributed by atoms with Gasteiger partial charge in [0.15, 0.2) is 0 Å². The first-order chi connectivity index (χ1) is 16.6. The maximum Gasteiger partial charge on any atom is 0.573 e. The Balaban J connectivity index is 1.48. The molecule has 0 saturated carbocycles. The maximum atomic E-state index is 12.7. The molecule has 0 bridgehead atoms. The van der Waals surface area contributed by atoms with Crippen LogP contribution in [-0.2, 0) is 14.8 Å². The van der Waals surface area contributed by atoms with Gasteiger partial charge in [0, 0.05) is 36.2 Å². The van der Waals surface area contributed by atoms with Crippen molar-refractivity contribution >= 4 is 33.2 Å². The minimum atomic E-state index is -5.03. The number of halogens is 3. The van der Waals surface area contributed by atoms with Crippen LogP contribution in [0.15, 0.2) is 59.5 Å². The van der Waals surface area contributed by atoms with Gasteiger partial charge in [-0.3, -0.25) is 4.72 Å². The summed E-state index contributed by atoms with van der Waals surface area (Å²) in [4.78, 5) is 10.4.